The van der Waals surface area contributed by atoms with Crippen LogP contribution in [0.3, 0.4) is 0 Å². The van der Waals surface area contributed by atoms with E-state index in [1.165, 1.54) is 35.3 Å². The summed E-state index contributed by atoms with van der Waals surface area (Å²) in [7, 11) is 0. The summed E-state index contributed by atoms with van der Waals surface area (Å²) in [5.74, 6) is -2.98. The van der Waals surface area contributed by atoms with Gasteiger partial charge in [-0.15, -0.1) is 5.10 Å². The third-order valence-electron chi connectivity index (χ3n) is 6.81. The minimum atomic E-state index is -4.85. The van der Waals surface area contributed by atoms with Crippen LogP contribution in [0.4, 0.5) is 30.7 Å². The zero-order valence-electron chi connectivity index (χ0n) is 22.9. The van der Waals surface area contributed by atoms with Gasteiger partial charge in [0.2, 0.25) is 5.69 Å². The lowest BCUT2D eigenvalue weighted by atomic mass is 10.0. The quantitative estimate of drug-likeness (QED) is 0.116. The highest BCUT2D eigenvalue weighted by atomic mass is 35.5. The Kier molecular flexibility index (Phi) is 8.98. The van der Waals surface area contributed by atoms with E-state index in [2.05, 4.69) is 20.1 Å². The van der Waals surface area contributed by atoms with Crippen LogP contribution in [-0.4, -0.2) is 43.9 Å². The van der Waals surface area contributed by atoms with E-state index >= 15 is 4.39 Å². The molecule has 18 heteroatoms. The zero-order chi connectivity index (χ0) is 33.3. The molecule has 0 saturated carbocycles. The first-order chi connectivity index (χ1) is 21.7. The van der Waals surface area contributed by atoms with E-state index in [1.54, 1.807) is 0 Å². The first-order valence-electron chi connectivity index (χ1n) is 13.0. The number of rotatable bonds is 10. The molecule has 46 heavy (non-hydrogen) atoms. The van der Waals surface area contributed by atoms with E-state index in [4.69, 9.17) is 17.3 Å². The number of aromatic nitrogens is 6. The van der Waals surface area contributed by atoms with Gasteiger partial charge in [0.15, 0.2) is 17.7 Å². The molecule has 2 N–H and O–H groups in total. The van der Waals surface area contributed by atoms with Gasteiger partial charge in [-0.05, 0) is 42.3 Å². The van der Waals surface area contributed by atoms with Crippen molar-refractivity contribution in [3.05, 3.63) is 106 Å². The Hall–Kier alpha value is -5.03. The van der Waals surface area contributed by atoms with Gasteiger partial charge in [0, 0.05) is 23.4 Å². The maximum Gasteiger partial charge on any atom is 0.436 e. The molecule has 240 valence electrons. The van der Waals surface area contributed by atoms with Gasteiger partial charge >= 0.3 is 12.8 Å². The third-order valence-corrected chi connectivity index (χ3v) is 7.10. The Bertz CT molecular complexity index is 1910. The van der Waals surface area contributed by atoms with E-state index in [9.17, 15) is 36.3 Å². The van der Waals surface area contributed by atoms with Crippen molar-refractivity contribution >= 4 is 17.5 Å². The maximum absolute atomic E-state index is 15.4. The number of primary amides is 1. The zero-order valence-corrected chi connectivity index (χ0v) is 23.7. The normalized spacial score (nSPS) is 12.5. The average Bonchev–Trinajstić information content (AvgIpc) is 3.68. The molecule has 3 heterocycles. The molecule has 0 bridgehead atoms. The molecule has 1 atom stereocenters. The monoisotopic (exact) mass is 669 g/mol. The minimum absolute atomic E-state index is 0.143. The van der Waals surface area contributed by atoms with Crippen molar-refractivity contribution in [2.75, 3.05) is 6.61 Å². The molecule has 0 saturated heterocycles. The van der Waals surface area contributed by atoms with Crippen molar-refractivity contribution in [3.8, 4) is 28.1 Å². The molecule has 0 aliphatic carbocycles. The SMILES string of the molecule is NC(=O)c1ccc(-c2cnn(C(CCOC(F)F)c3ccc(-c4c(-n5cc(C(F)(F)F)nn5)ccc(Cl)c4F)[n+]([O-])c3)c2)cc1F. The Morgan fingerprint density at radius 2 is 1.85 bits per heavy atom. The van der Waals surface area contributed by atoms with Gasteiger partial charge in [0.25, 0.3) is 5.91 Å². The lowest BCUT2D eigenvalue weighted by Crippen LogP contribution is -2.31. The fourth-order valence-electron chi connectivity index (χ4n) is 4.65. The first-order valence-corrected chi connectivity index (χ1v) is 13.4. The average molecular weight is 670 g/mol. The fraction of sp³-hybridized carbons (Fsp3) is 0.179. The second-order valence-corrected chi connectivity index (χ2v) is 10.1. The van der Waals surface area contributed by atoms with Crippen LogP contribution in [0, 0.1) is 16.8 Å². The van der Waals surface area contributed by atoms with Crippen LogP contribution in [0.15, 0.2) is 67.3 Å². The van der Waals surface area contributed by atoms with E-state index in [1.807, 2.05) is 0 Å². The van der Waals surface area contributed by atoms with Crippen molar-refractivity contribution in [3.63, 3.8) is 0 Å². The van der Waals surface area contributed by atoms with Gasteiger partial charge in [0.1, 0.15) is 11.4 Å². The number of hydrogen-bond acceptors (Lipinski definition) is 6. The molecule has 5 aromatic rings. The Balaban J connectivity index is 1.54. The van der Waals surface area contributed by atoms with Gasteiger partial charge in [-0.1, -0.05) is 22.9 Å². The number of benzene rings is 2. The lowest BCUT2D eigenvalue weighted by molar-refractivity contribution is -0.594. The number of carbonyl (C=O) groups excluding carboxylic acids is 1. The van der Waals surface area contributed by atoms with Crippen molar-refractivity contribution in [1.82, 2.24) is 24.8 Å². The third kappa shape index (κ3) is 6.64. The lowest BCUT2D eigenvalue weighted by Gasteiger charge is -2.19. The highest BCUT2D eigenvalue weighted by Crippen LogP contribution is 2.34. The summed E-state index contributed by atoms with van der Waals surface area (Å²) in [5, 5.41) is 23.6. The van der Waals surface area contributed by atoms with Crippen LogP contribution in [0.25, 0.3) is 28.1 Å². The second-order valence-electron chi connectivity index (χ2n) is 9.68. The number of amides is 1. The van der Waals surface area contributed by atoms with Crippen LogP contribution < -0.4 is 10.5 Å². The highest BCUT2D eigenvalue weighted by molar-refractivity contribution is 6.31. The largest absolute Gasteiger partial charge is 0.618 e. The molecule has 0 spiro atoms. The summed E-state index contributed by atoms with van der Waals surface area (Å²) in [4.78, 5) is 11.4. The maximum atomic E-state index is 15.4. The molecular weight excluding hydrogens is 651 g/mol. The molecule has 2 aromatic carbocycles. The molecule has 0 fully saturated rings. The van der Waals surface area contributed by atoms with Gasteiger partial charge in [0.05, 0.1) is 41.3 Å². The first kappa shape index (κ1) is 32.4. The Morgan fingerprint density at radius 3 is 2.48 bits per heavy atom. The van der Waals surface area contributed by atoms with E-state index in [0.29, 0.717) is 22.0 Å². The van der Waals surface area contributed by atoms with Crippen LogP contribution in [-0.2, 0) is 10.9 Å². The molecular formula is C28H19ClF7N7O3. The van der Waals surface area contributed by atoms with Crippen LogP contribution in [0.1, 0.15) is 34.1 Å². The topological polar surface area (TPSA) is 128 Å². The van der Waals surface area contributed by atoms with Crippen LogP contribution in [0.5, 0.6) is 0 Å². The molecule has 1 unspecified atom stereocenters. The van der Waals surface area contributed by atoms with Crippen molar-refractivity contribution < 1.29 is 45.0 Å². The number of pyridine rings is 1. The van der Waals surface area contributed by atoms with Crippen molar-refractivity contribution in [1.29, 1.82) is 0 Å². The number of hydrogen-bond donors (Lipinski definition) is 1. The van der Waals surface area contributed by atoms with Gasteiger partial charge < -0.3 is 15.7 Å². The van der Waals surface area contributed by atoms with Gasteiger partial charge in [-0.3, -0.25) is 9.48 Å². The molecule has 1 amide bonds. The molecule has 3 aromatic heterocycles. The number of ether oxygens (including phenoxy) is 1. The fourth-order valence-corrected chi connectivity index (χ4v) is 4.80. The standard InChI is InChI=1S/C28H19ClF7N7O3/c29-18-4-6-21(42-13-23(39-40-42)28(34,35)36)24(25(18)31)22-5-2-15(12-43(22)45)20(7-8-46-27(32)33)41-11-16(10-38-41)14-1-3-17(26(37)44)19(30)9-14/h1-6,9-13,20,27H,7-8H2,(H2,37,44). The number of nitrogens with two attached hydrogens (primary N) is 1. The molecule has 0 aliphatic heterocycles. The summed E-state index contributed by atoms with van der Waals surface area (Å²) >= 11 is 5.94. The predicted molar refractivity (Wildman–Crippen MR) is 147 cm³/mol. The number of halogens is 8. The molecule has 5 rings (SSSR count). The van der Waals surface area contributed by atoms with Crippen LogP contribution >= 0.6 is 11.6 Å². The highest BCUT2D eigenvalue weighted by Gasteiger charge is 2.35. The number of carbonyl (C=O) groups is 1. The summed E-state index contributed by atoms with van der Waals surface area (Å²) in [6.07, 6.45) is -0.711. The summed E-state index contributed by atoms with van der Waals surface area (Å²) in [6, 6.07) is 7.46. The molecule has 0 aliphatic rings. The Labute approximate surface area is 259 Å². The summed E-state index contributed by atoms with van der Waals surface area (Å²) in [5.41, 5.74) is 3.15. The van der Waals surface area contributed by atoms with Crippen molar-refractivity contribution in [2.45, 2.75) is 25.3 Å². The Morgan fingerprint density at radius 1 is 1.09 bits per heavy atom. The van der Waals surface area contributed by atoms with E-state index in [0.717, 1.165) is 30.5 Å². The van der Waals surface area contributed by atoms with Gasteiger partial charge in [-0.2, -0.15) is 31.8 Å². The smallest absolute Gasteiger partial charge is 0.436 e. The summed E-state index contributed by atoms with van der Waals surface area (Å²) in [6.45, 7) is -3.58. The van der Waals surface area contributed by atoms with Gasteiger partial charge in [-0.25, -0.2) is 13.5 Å². The van der Waals surface area contributed by atoms with Crippen LogP contribution in [0.2, 0.25) is 5.02 Å². The predicted octanol–water partition coefficient (Wildman–Crippen LogP) is 5.70. The molecule has 0 radical (unpaired) electrons. The van der Waals surface area contributed by atoms with Crippen molar-refractivity contribution in [2.24, 2.45) is 5.73 Å². The molecule has 10 nitrogen and oxygen atoms in total. The number of alkyl halides is 5. The van der Waals surface area contributed by atoms with E-state index < -0.39 is 59.3 Å². The second kappa shape index (κ2) is 12.8. The number of nitrogens with zero attached hydrogens (tertiary/aromatic N) is 6. The minimum Gasteiger partial charge on any atom is -0.618 e. The van der Waals surface area contributed by atoms with E-state index in [-0.39, 0.29) is 33.7 Å². The summed E-state index contributed by atoms with van der Waals surface area (Å²) < 4.78 is 101.